The van der Waals surface area contributed by atoms with Gasteiger partial charge in [0.25, 0.3) is 0 Å². The Hall–Kier alpha value is -0.390. The van der Waals surface area contributed by atoms with Gasteiger partial charge < -0.3 is 5.73 Å². The summed E-state index contributed by atoms with van der Waals surface area (Å²) in [6.45, 7) is 1.79. The van der Waals surface area contributed by atoms with E-state index in [2.05, 4.69) is 0 Å². The lowest BCUT2D eigenvalue weighted by atomic mass is 10.5. The van der Waals surface area contributed by atoms with Crippen molar-refractivity contribution in [3.05, 3.63) is 17.5 Å². The second kappa shape index (κ2) is 3.55. The average Bonchev–Trinajstić information content (AvgIpc) is 2.55. The van der Waals surface area contributed by atoms with Gasteiger partial charge in [-0.05, 0) is 18.4 Å². The first-order chi connectivity index (χ1) is 5.59. The molecule has 1 unspecified atom stereocenters. The third-order valence-electron chi connectivity index (χ3n) is 1.64. The summed E-state index contributed by atoms with van der Waals surface area (Å²) in [5.74, 6) is 0. The molecule has 1 atom stereocenters. The van der Waals surface area contributed by atoms with Crippen LogP contribution in [0.15, 0.2) is 21.7 Å². The number of hydrogen-bond acceptors (Lipinski definition) is 4. The minimum absolute atomic E-state index is 0.167. The molecule has 0 aliphatic heterocycles. The Bertz CT molecular complexity index is 328. The maximum atomic E-state index is 11.6. The van der Waals surface area contributed by atoms with Crippen molar-refractivity contribution in [2.45, 2.75) is 16.4 Å². The van der Waals surface area contributed by atoms with Crippen molar-refractivity contribution in [1.29, 1.82) is 0 Å². The summed E-state index contributed by atoms with van der Waals surface area (Å²) in [4.78, 5) is 0. The maximum absolute atomic E-state index is 11.6. The Morgan fingerprint density at radius 2 is 2.33 bits per heavy atom. The van der Waals surface area contributed by atoms with Crippen molar-refractivity contribution in [2.75, 3.05) is 6.54 Å². The molecule has 1 heterocycles. The minimum Gasteiger partial charge on any atom is -0.329 e. The predicted molar refractivity (Wildman–Crippen MR) is 50.0 cm³/mol. The summed E-state index contributed by atoms with van der Waals surface area (Å²) in [5.41, 5.74) is 5.29. The second-order valence-corrected chi connectivity index (χ2v) is 6.06. The van der Waals surface area contributed by atoms with Crippen molar-refractivity contribution < 1.29 is 8.42 Å². The quantitative estimate of drug-likeness (QED) is 0.796. The fourth-order valence-corrected chi connectivity index (χ4v) is 3.31. The van der Waals surface area contributed by atoms with Crippen LogP contribution in [-0.2, 0) is 9.84 Å². The van der Waals surface area contributed by atoms with E-state index in [4.69, 9.17) is 5.73 Å². The first-order valence-corrected chi connectivity index (χ1v) is 5.99. The molecule has 2 N–H and O–H groups in total. The third-order valence-corrected chi connectivity index (χ3v) is 5.23. The Morgan fingerprint density at radius 1 is 1.67 bits per heavy atom. The van der Waals surface area contributed by atoms with Gasteiger partial charge in [-0.2, -0.15) is 0 Å². The van der Waals surface area contributed by atoms with Crippen molar-refractivity contribution >= 4 is 21.2 Å². The zero-order valence-electron chi connectivity index (χ0n) is 6.73. The topological polar surface area (TPSA) is 60.2 Å². The van der Waals surface area contributed by atoms with E-state index in [0.717, 1.165) is 0 Å². The van der Waals surface area contributed by atoms with Crippen LogP contribution in [0, 0.1) is 0 Å². The van der Waals surface area contributed by atoms with Gasteiger partial charge in [0.1, 0.15) is 4.21 Å². The number of hydrogen-bond donors (Lipinski definition) is 1. The third kappa shape index (κ3) is 1.68. The number of sulfone groups is 1. The van der Waals surface area contributed by atoms with Crippen LogP contribution >= 0.6 is 11.3 Å². The largest absolute Gasteiger partial charge is 0.329 e. The normalized spacial score (nSPS) is 14.5. The lowest BCUT2D eigenvalue weighted by molar-refractivity contribution is 0.586. The molecule has 0 aliphatic carbocycles. The molecule has 1 aromatic heterocycles. The van der Waals surface area contributed by atoms with E-state index in [-0.39, 0.29) is 6.54 Å². The van der Waals surface area contributed by atoms with Crippen LogP contribution in [0.4, 0.5) is 0 Å². The Balaban J connectivity index is 3.03. The van der Waals surface area contributed by atoms with Gasteiger partial charge in [-0.1, -0.05) is 6.07 Å². The molecule has 0 aromatic carbocycles. The molecule has 1 rings (SSSR count). The first-order valence-electron chi connectivity index (χ1n) is 3.56. The van der Waals surface area contributed by atoms with Crippen LogP contribution in [0.2, 0.25) is 0 Å². The fourth-order valence-electron chi connectivity index (χ4n) is 0.750. The molecular formula is C7H11NO2S2. The number of thiophene rings is 1. The van der Waals surface area contributed by atoms with Gasteiger partial charge in [0, 0.05) is 6.54 Å². The zero-order chi connectivity index (χ0) is 9.19. The Labute approximate surface area is 76.1 Å². The summed E-state index contributed by atoms with van der Waals surface area (Å²) in [6.07, 6.45) is 0. The van der Waals surface area contributed by atoms with Gasteiger partial charge in [-0.15, -0.1) is 11.3 Å². The molecule has 12 heavy (non-hydrogen) atoms. The van der Waals surface area contributed by atoms with Crippen molar-refractivity contribution in [3.63, 3.8) is 0 Å². The van der Waals surface area contributed by atoms with Gasteiger partial charge in [0.05, 0.1) is 5.25 Å². The van der Waals surface area contributed by atoms with Gasteiger partial charge in [0.2, 0.25) is 0 Å². The van der Waals surface area contributed by atoms with Crippen molar-refractivity contribution in [2.24, 2.45) is 5.73 Å². The zero-order valence-corrected chi connectivity index (χ0v) is 8.36. The summed E-state index contributed by atoms with van der Waals surface area (Å²) in [7, 11) is -3.15. The number of rotatable bonds is 3. The first kappa shape index (κ1) is 9.70. The van der Waals surface area contributed by atoms with Gasteiger partial charge in [-0.3, -0.25) is 0 Å². The standard InChI is InChI=1S/C7H11NO2S2/c1-6(5-8)12(9,10)7-3-2-4-11-7/h2-4,6H,5,8H2,1H3. The highest BCUT2D eigenvalue weighted by molar-refractivity contribution is 7.94. The molecular weight excluding hydrogens is 194 g/mol. The van der Waals surface area contributed by atoms with Crippen molar-refractivity contribution in [3.8, 4) is 0 Å². The average molecular weight is 205 g/mol. The highest BCUT2D eigenvalue weighted by Gasteiger charge is 2.22. The van der Waals surface area contributed by atoms with E-state index in [1.807, 2.05) is 0 Å². The summed E-state index contributed by atoms with van der Waals surface area (Å²) < 4.78 is 23.5. The second-order valence-electron chi connectivity index (χ2n) is 2.52. The summed E-state index contributed by atoms with van der Waals surface area (Å²) >= 11 is 1.23. The molecule has 0 aliphatic rings. The van der Waals surface area contributed by atoms with Crippen LogP contribution in [0.3, 0.4) is 0 Å². The molecule has 0 bridgehead atoms. The maximum Gasteiger partial charge on any atom is 0.191 e. The predicted octanol–water partition coefficient (Wildman–Crippen LogP) is 0.869. The Kier molecular flexibility index (Phi) is 2.87. The van der Waals surface area contributed by atoms with E-state index in [1.54, 1.807) is 24.4 Å². The molecule has 0 fully saturated rings. The van der Waals surface area contributed by atoms with Gasteiger partial charge in [0.15, 0.2) is 9.84 Å². The highest BCUT2D eigenvalue weighted by atomic mass is 32.2. The SMILES string of the molecule is CC(CN)S(=O)(=O)c1cccs1. The lowest BCUT2D eigenvalue weighted by Crippen LogP contribution is -2.25. The van der Waals surface area contributed by atoms with Crippen molar-refractivity contribution in [1.82, 2.24) is 0 Å². The van der Waals surface area contributed by atoms with E-state index in [1.165, 1.54) is 11.3 Å². The molecule has 0 spiro atoms. The summed E-state index contributed by atoms with van der Waals surface area (Å²) in [6, 6.07) is 3.33. The molecule has 68 valence electrons. The molecule has 0 saturated heterocycles. The minimum atomic E-state index is -3.15. The Morgan fingerprint density at radius 3 is 2.75 bits per heavy atom. The molecule has 0 amide bonds. The molecule has 1 aromatic rings. The fraction of sp³-hybridized carbons (Fsp3) is 0.429. The van der Waals surface area contributed by atoms with Crippen LogP contribution in [-0.4, -0.2) is 20.2 Å². The van der Waals surface area contributed by atoms with Crippen LogP contribution in [0.5, 0.6) is 0 Å². The van der Waals surface area contributed by atoms with Crippen LogP contribution in [0.1, 0.15) is 6.92 Å². The van der Waals surface area contributed by atoms with E-state index in [0.29, 0.717) is 4.21 Å². The number of nitrogens with two attached hydrogens (primary N) is 1. The van der Waals surface area contributed by atoms with Crippen LogP contribution < -0.4 is 5.73 Å². The molecule has 5 heteroatoms. The summed E-state index contributed by atoms with van der Waals surface area (Å²) in [5, 5.41) is 1.26. The monoisotopic (exact) mass is 205 g/mol. The van der Waals surface area contributed by atoms with E-state index in [9.17, 15) is 8.42 Å². The van der Waals surface area contributed by atoms with Gasteiger partial charge >= 0.3 is 0 Å². The molecule has 0 radical (unpaired) electrons. The lowest BCUT2D eigenvalue weighted by Gasteiger charge is -2.07. The highest BCUT2D eigenvalue weighted by Crippen LogP contribution is 2.20. The molecule has 0 saturated carbocycles. The molecule has 3 nitrogen and oxygen atoms in total. The van der Waals surface area contributed by atoms with E-state index >= 15 is 0 Å². The smallest absolute Gasteiger partial charge is 0.191 e. The van der Waals surface area contributed by atoms with Gasteiger partial charge in [-0.25, -0.2) is 8.42 Å². The van der Waals surface area contributed by atoms with E-state index < -0.39 is 15.1 Å². The van der Waals surface area contributed by atoms with Crippen LogP contribution in [0.25, 0.3) is 0 Å².